The van der Waals surface area contributed by atoms with Gasteiger partial charge >= 0.3 is 12.3 Å². The number of aryl methyl sites for hydroxylation is 1. The molecule has 1 aromatic carbocycles. The van der Waals surface area contributed by atoms with E-state index in [-0.39, 0.29) is 16.7 Å². The summed E-state index contributed by atoms with van der Waals surface area (Å²) in [5, 5.41) is 9.95. The van der Waals surface area contributed by atoms with E-state index in [0.717, 1.165) is 23.3 Å². The van der Waals surface area contributed by atoms with Gasteiger partial charge in [-0.05, 0) is 73.7 Å². The minimum atomic E-state index is -4.78. The van der Waals surface area contributed by atoms with Crippen molar-refractivity contribution in [2.75, 3.05) is 14.1 Å². The van der Waals surface area contributed by atoms with Crippen LogP contribution in [-0.4, -0.2) is 36.4 Å². The molecule has 8 heteroatoms. The van der Waals surface area contributed by atoms with Gasteiger partial charge in [-0.2, -0.15) is 0 Å². The van der Waals surface area contributed by atoms with Crippen molar-refractivity contribution in [2.45, 2.75) is 46.0 Å². The largest absolute Gasteiger partial charge is 0.573 e. The molecule has 0 atom stereocenters. The number of alkyl halides is 3. The van der Waals surface area contributed by atoms with Gasteiger partial charge in [-0.25, -0.2) is 4.79 Å². The molecule has 0 radical (unpaired) electrons. The number of carboxylic acids is 1. The molecule has 1 aromatic heterocycles. The first-order chi connectivity index (χ1) is 13.4. The van der Waals surface area contributed by atoms with Gasteiger partial charge in [0.1, 0.15) is 5.75 Å². The molecule has 0 saturated carbocycles. The van der Waals surface area contributed by atoms with Crippen LogP contribution in [0.25, 0.3) is 10.4 Å². The topological polar surface area (TPSA) is 49.8 Å². The minimum Gasteiger partial charge on any atom is -0.478 e. The van der Waals surface area contributed by atoms with E-state index in [1.54, 1.807) is 14.1 Å². The number of hydrogen-bond acceptors (Lipinski definition) is 4. The number of rotatable bonds is 5. The highest BCUT2D eigenvalue weighted by molar-refractivity contribution is 7.16. The zero-order chi connectivity index (χ0) is 21.6. The van der Waals surface area contributed by atoms with Crippen LogP contribution < -0.4 is 4.74 Å². The smallest absolute Gasteiger partial charge is 0.478 e. The third-order valence-electron chi connectivity index (χ3n) is 5.03. The number of aromatic carboxylic acids is 1. The second-order valence-corrected chi connectivity index (χ2v) is 9.56. The highest BCUT2D eigenvalue weighted by Gasteiger charge is 2.34. The zero-order valence-electron chi connectivity index (χ0n) is 16.8. The first-order valence-electron chi connectivity index (χ1n) is 9.28. The van der Waals surface area contributed by atoms with Crippen LogP contribution in [0.15, 0.2) is 18.2 Å². The van der Waals surface area contributed by atoms with Crippen LogP contribution in [0.5, 0.6) is 5.75 Å². The molecule has 0 unspecified atom stereocenters. The zero-order valence-corrected chi connectivity index (χ0v) is 17.6. The third-order valence-corrected chi connectivity index (χ3v) is 6.36. The van der Waals surface area contributed by atoms with Gasteiger partial charge in [0.2, 0.25) is 0 Å². The van der Waals surface area contributed by atoms with Crippen LogP contribution in [0.1, 0.15) is 46.6 Å². The normalized spacial score (nSPS) is 16.0. The summed E-state index contributed by atoms with van der Waals surface area (Å²) in [4.78, 5) is 15.6. The van der Waals surface area contributed by atoms with E-state index in [2.05, 4.69) is 18.6 Å². The number of ether oxygens (including phenoxy) is 1. The molecule has 0 spiro atoms. The molecule has 4 nitrogen and oxygen atoms in total. The first kappa shape index (κ1) is 21.6. The second-order valence-electron chi connectivity index (χ2n) is 8.46. The number of thiophene rings is 1. The Bertz CT molecular complexity index is 932. The Morgan fingerprint density at radius 3 is 2.59 bits per heavy atom. The van der Waals surface area contributed by atoms with E-state index in [4.69, 9.17) is 0 Å². The van der Waals surface area contributed by atoms with Gasteiger partial charge in [0, 0.05) is 16.3 Å². The molecule has 1 N–H and O–H groups in total. The lowest BCUT2D eigenvalue weighted by atomic mass is 9.76. The summed E-state index contributed by atoms with van der Waals surface area (Å²) in [6.07, 6.45) is -2.32. The number of halogens is 3. The predicted octanol–water partition coefficient (Wildman–Crippen LogP) is 5.59. The van der Waals surface area contributed by atoms with E-state index >= 15 is 0 Å². The summed E-state index contributed by atoms with van der Waals surface area (Å²) in [5.41, 5.74) is 2.40. The Kier molecular flexibility index (Phi) is 5.71. The Labute approximate surface area is 171 Å². The lowest BCUT2D eigenvalue weighted by molar-refractivity contribution is -0.274. The number of nitrogens with zero attached hydrogens (tertiary/aromatic N) is 1. The molecular weight excluding hydrogens is 403 g/mol. The average molecular weight is 427 g/mol. The standard InChI is InChI=1S/C21H24F3NO3S/c1-20(2)8-7-16-15(10-20)17(19(26)27)18(29-16)14-6-5-13(28-21(22,23)24)9-12(14)11-25(3)4/h5-6,9H,7-8,10-11H2,1-4H3,(H,26,27). The summed E-state index contributed by atoms with van der Waals surface area (Å²) >= 11 is 1.44. The molecule has 158 valence electrons. The fraction of sp³-hybridized carbons (Fsp3) is 0.476. The lowest BCUT2D eigenvalue weighted by Gasteiger charge is -2.29. The predicted molar refractivity (Wildman–Crippen MR) is 107 cm³/mol. The maximum atomic E-state index is 12.6. The van der Waals surface area contributed by atoms with Crippen molar-refractivity contribution in [3.8, 4) is 16.2 Å². The van der Waals surface area contributed by atoms with Crippen molar-refractivity contribution < 1.29 is 27.8 Å². The highest BCUT2D eigenvalue weighted by Crippen LogP contribution is 2.46. The Morgan fingerprint density at radius 2 is 2.00 bits per heavy atom. The van der Waals surface area contributed by atoms with E-state index in [9.17, 15) is 23.1 Å². The van der Waals surface area contributed by atoms with Crippen LogP contribution in [0.3, 0.4) is 0 Å². The monoisotopic (exact) mass is 427 g/mol. The summed E-state index contributed by atoms with van der Waals surface area (Å²) in [6, 6.07) is 4.13. The number of carboxylic acid groups (broad SMARTS) is 1. The maximum Gasteiger partial charge on any atom is 0.573 e. The van der Waals surface area contributed by atoms with Crippen LogP contribution in [0.4, 0.5) is 13.2 Å². The molecule has 1 aliphatic rings. The Morgan fingerprint density at radius 1 is 1.31 bits per heavy atom. The van der Waals surface area contributed by atoms with Crippen molar-refractivity contribution in [1.29, 1.82) is 0 Å². The van der Waals surface area contributed by atoms with Gasteiger partial charge < -0.3 is 14.7 Å². The fourth-order valence-corrected chi connectivity index (χ4v) is 5.17. The molecule has 1 aliphatic carbocycles. The average Bonchev–Trinajstić information content (AvgIpc) is 2.90. The van der Waals surface area contributed by atoms with Crippen molar-refractivity contribution in [2.24, 2.45) is 5.41 Å². The molecule has 0 fully saturated rings. The first-order valence-corrected chi connectivity index (χ1v) is 10.1. The SMILES string of the molecule is CN(C)Cc1cc(OC(F)(F)F)ccc1-c1sc2c(c1C(=O)O)CC(C)(C)CC2. The summed E-state index contributed by atoms with van der Waals surface area (Å²) in [5.74, 6) is -1.31. The molecular formula is C21H24F3NO3S. The summed E-state index contributed by atoms with van der Waals surface area (Å²) < 4.78 is 42.0. The van der Waals surface area contributed by atoms with E-state index in [0.29, 0.717) is 29.0 Å². The van der Waals surface area contributed by atoms with E-state index < -0.39 is 12.3 Å². The molecule has 0 bridgehead atoms. The summed E-state index contributed by atoms with van der Waals surface area (Å²) in [6.45, 7) is 4.61. The molecule has 3 rings (SSSR count). The molecule has 0 amide bonds. The molecule has 0 aliphatic heterocycles. The fourth-order valence-electron chi connectivity index (χ4n) is 3.80. The van der Waals surface area contributed by atoms with Gasteiger partial charge in [-0.3, -0.25) is 0 Å². The minimum absolute atomic E-state index is 0.0203. The van der Waals surface area contributed by atoms with Gasteiger partial charge in [0.15, 0.2) is 0 Å². The van der Waals surface area contributed by atoms with Gasteiger partial charge in [-0.1, -0.05) is 13.8 Å². The van der Waals surface area contributed by atoms with Crippen LogP contribution in [-0.2, 0) is 19.4 Å². The van der Waals surface area contributed by atoms with Gasteiger partial charge in [-0.15, -0.1) is 24.5 Å². The quantitative estimate of drug-likeness (QED) is 0.676. The van der Waals surface area contributed by atoms with Crippen molar-refractivity contribution in [3.63, 3.8) is 0 Å². The van der Waals surface area contributed by atoms with E-state index in [1.165, 1.54) is 29.5 Å². The van der Waals surface area contributed by atoms with Crippen molar-refractivity contribution in [3.05, 3.63) is 39.8 Å². The Hall–Kier alpha value is -2.06. The second kappa shape index (κ2) is 7.65. The Balaban J connectivity index is 2.15. The third kappa shape index (κ3) is 4.93. The van der Waals surface area contributed by atoms with Crippen molar-refractivity contribution >= 4 is 17.3 Å². The van der Waals surface area contributed by atoms with Crippen LogP contribution >= 0.6 is 11.3 Å². The van der Waals surface area contributed by atoms with Crippen molar-refractivity contribution in [1.82, 2.24) is 4.90 Å². The number of benzene rings is 1. The molecule has 0 saturated heterocycles. The highest BCUT2D eigenvalue weighted by atomic mass is 32.1. The van der Waals surface area contributed by atoms with Crippen LogP contribution in [0, 0.1) is 5.41 Å². The van der Waals surface area contributed by atoms with Gasteiger partial charge in [0.05, 0.1) is 5.56 Å². The number of hydrogen-bond donors (Lipinski definition) is 1. The molecule has 29 heavy (non-hydrogen) atoms. The number of fused-ring (bicyclic) bond motifs is 1. The summed E-state index contributed by atoms with van der Waals surface area (Å²) in [7, 11) is 3.61. The molecule has 1 heterocycles. The van der Waals surface area contributed by atoms with Gasteiger partial charge in [0.25, 0.3) is 0 Å². The number of carbonyl (C=O) groups is 1. The lowest BCUT2D eigenvalue weighted by Crippen LogP contribution is -2.22. The molecule has 2 aromatic rings. The van der Waals surface area contributed by atoms with Crippen LogP contribution in [0.2, 0.25) is 0 Å². The van der Waals surface area contributed by atoms with E-state index in [1.807, 2.05) is 4.90 Å². The maximum absolute atomic E-state index is 12.6.